The number of hydrogen-bond acceptors (Lipinski definition) is 6. The lowest BCUT2D eigenvalue weighted by Gasteiger charge is -2.36. The number of nitrogens with one attached hydrogen (secondary N) is 1. The number of anilines is 2. The Morgan fingerprint density at radius 2 is 1.88 bits per heavy atom. The normalized spacial score (nSPS) is 16.2. The van der Waals surface area contributed by atoms with Gasteiger partial charge in [-0.25, -0.2) is 4.68 Å². The van der Waals surface area contributed by atoms with Gasteiger partial charge < -0.3 is 10.2 Å². The summed E-state index contributed by atoms with van der Waals surface area (Å²) in [6.07, 6.45) is 0. The van der Waals surface area contributed by atoms with Crippen molar-refractivity contribution in [2.75, 3.05) is 36.4 Å². The Balaban J connectivity index is 1.59. The fraction of sp³-hybridized carbons (Fsp3) is 0.529. The van der Waals surface area contributed by atoms with E-state index in [0.717, 1.165) is 52.6 Å². The van der Waals surface area contributed by atoms with E-state index in [1.54, 1.807) is 0 Å². The highest BCUT2D eigenvalue weighted by atomic mass is 35.5. The van der Waals surface area contributed by atoms with E-state index < -0.39 is 0 Å². The summed E-state index contributed by atoms with van der Waals surface area (Å²) in [5.74, 6) is 0. The van der Waals surface area contributed by atoms with E-state index >= 15 is 0 Å². The molecule has 0 amide bonds. The highest BCUT2D eigenvalue weighted by Crippen LogP contribution is 2.26. The van der Waals surface area contributed by atoms with Gasteiger partial charge in [0, 0.05) is 31.7 Å². The van der Waals surface area contributed by atoms with Crippen LogP contribution < -0.4 is 10.2 Å². The highest BCUT2D eigenvalue weighted by Gasteiger charge is 2.20. The van der Waals surface area contributed by atoms with Gasteiger partial charge >= 0.3 is 0 Å². The van der Waals surface area contributed by atoms with Gasteiger partial charge in [-0.05, 0) is 45.1 Å². The maximum Gasteiger partial charge on any atom is 0.205 e. The number of aromatic nitrogens is 2. The number of rotatable bonds is 4. The van der Waals surface area contributed by atoms with Crippen LogP contribution in [0.5, 0.6) is 0 Å². The molecule has 1 saturated heterocycles. The van der Waals surface area contributed by atoms with Gasteiger partial charge in [0.15, 0.2) is 3.95 Å². The molecule has 3 rings (SSSR count). The first-order valence-corrected chi connectivity index (χ1v) is 10.00. The van der Waals surface area contributed by atoms with E-state index in [-0.39, 0.29) is 5.54 Å². The first-order chi connectivity index (χ1) is 11.8. The van der Waals surface area contributed by atoms with Crippen LogP contribution in [-0.2, 0) is 6.67 Å². The Kier molecular flexibility index (Phi) is 5.68. The maximum atomic E-state index is 6.31. The van der Waals surface area contributed by atoms with Crippen molar-refractivity contribution in [3.05, 3.63) is 33.2 Å². The second-order valence-electron chi connectivity index (χ2n) is 7.25. The van der Waals surface area contributed by atoms with Gasteiger partial charge in [0.25, 0.3) is 0 Å². The van der Waals surface area contributed by atoms with Crippen LogP contribution in [0.3, 0.4) is 0 Å². The monoisotopic (exact) mass is 397 g/mol. The molecule has 1 aliphatic heterocycles. The van der Waals surface area contributed by atoms with E-state index in [1.165, 1.54) is 11.3 Å². The maximum absolute atomic E-state index is 6.31. The molecular formula is C17H24ClN5S2. The Hall–Kier alpha value is -1.15. The minimum absolute atomic E-state index is 0.0158. The lowest BCUT2D eigenvalue weighted by molar-refractivity contribution is 0.195. The Morgan fingerprint density at radius 1 is 1.20 bits per heavy atom. The van der Waals surface area contributed by atoms with Crippen LogP contribution >= 0.6 is 35.2 Å². The van der Waals surface area contributed by atoms with Gasteiger partial charge in [-0.3, -0.25) is 4.90 Å². The summed E-state index contributed by atoms with van der Waals surface area (Å²) in [5, 5.41) is 9.71. The molecule has 136 valence electrons. The summed E-state index contributed by atoms with van der Waals surface area (Å²) in [7, 11) is 0. The van der Waals surface area contributed by atoms with Gasteiger partial charge in [0.05, 0.1) is 17.4 Å². The van der Waals surface area contributed by atoms with Gasteiger partial charge in [-0.1, -0.05) is 35.1 Å². The number of benzene rings is 1. The van der Waals surface area contributed by atoms with Crippen molar-refractivity contribution in [3.63, 3.8) is 0 Å². The number of para-hydroxylation sites is 1. The Morgan fingerprint density at radius 3 is 2.52 bits per heavy atom. The van der Waals surface area contributed by atoms with Crippen molar-refractivity contribution >= 4 is 46.0 Å². The van der Waals surface area contributed by atoms with Gasteiger partial charge in [0.2, 0.25) is 5.13 Å². The molecule has 1 aromatic heterocycles. The van der Waals surface area contributed by atoms with Crippen LogP contribution in [0.2, 0.25) is 5.02 Å². The summed E-state index contributed by atoms with van der Waals surface area (Å²) >= 11 is 13.3. The van der Waals surface area contributed by atoms with Crippen LogP contribution in [0.25, 0.3) is 0 Å². The SMILES string of the molecule is CC(C)(C)Nc1nn(CN2CCN(c3ccccc3Cl)CC2)c(=S)s1. The minimum Gasteiger partial charge on any atom is -0.368 e. The molecule has 0 radical (unpaired) electrons. The summed E-state index contributed by atoms with van der Waals surface area (Å²) in [5.41, 5.74) is 1.10. The quantitative estimate of drug-likeness (QED) is 0.777. The third-order valence-corrected chi connectivity index (χ3v) is 5.53. The van der Waals surface area contributed by atoms with E-state index in [1.807, 2.05) is 22.9 Å². The summed E-state index contributed by atoms with van der Waals surface area (Å²) < 4.78 is 2.72. The second-order valence-corrected chi connectivity index (χ2v) is 9.28. The molecular weight excluding hydrogens is 374 g/mol. The van der Waals surface area contributed by atoms with Crippen LogP contribution in [0.15, 0.2) is 24.3 Å². The third kappa shape index (κ3) is 4.94. The first-order valence-electron chi connectivity index (χ1n) is 8.40. The molecule has 8 heteroatoms. The van der Waals surface area contributed by atoms with Crippen molar-refractivity contribution in [3.8, 4) is 0 Å². The van der Waals surface area contributed by atoms with Crippen molar-refractivity contribution < 1.29 is 0 Å². The van der Waals surface area contributed by atoms with Crippen molar-refractivity contribution in [1.82, 2.24) is 14.7 Å². The lowest BCUT2D eigenvalue weighted by Crippen LogP contribution is -2.47. The lowest BCUT2D eigenvalue weighted by atomic mass is 10.1. The van der Waals surface area contributed by atoms with Crippen molar-refractivity contribution in [2.45, 2.75) is 33.0 Å². The molecule has 1 N–H and O–H groups in total. The van der Waals surface area contributed by atoms with Crippen LogP contribution in [0, 0.1) is 3.95 Å². The second kappa shape index (κ2) is 7.61. The molecule has 1 aliphatic rings. The molecule has 2 aromatic rings. The Labute approximate surface area is 163 Å². The molecule has 2 heterocycles. The predicted molar refractivity (Wildman–Crippen MR) is 110 cm³/mol. The molecule has 0 bridgehead atoms. The predicted octanol–water partition coefficient (Wildman–Crippen LogP) is 4.32. The molecule has 1 aromatic carbocycles. The fourth-order valence-corrected chi connectivity index (χ4v) is 4.25. The van der Waals surface area contributed by atoms with Crippen LogP contribution in [0.4, 0.5) is 10.8 Å². The van der Waals surface area contributed by atoms with Gasteiger partial charge in [-0.2, -0.15) is 0 Å². The average Bonchev–Trinajstić information content (AvgIpc) is 2.86. The molecule has 0 saturated carbocycles. The number of halogens is 1. The van der Waals surface area contributed by atoms with E-state index in [9.17, 15) is 0 Å². The number of piperazine rings is 1. The zero-order chi connectivity index (χ0) is 18.0. The molecule has 0 unspecified atom stereocenters. The third-order valence-electron chi connectivity index (χ3n) is 3.99. The zero-order valence-electron chi connectivity index (χ0n) is 14.8. The zero-order valence-corrected chi connectivity index (χ0v) is 17.2. The fourth-order valence-electron chi connectivity index (χ4n) is 2.79. The molecule has 0 spiro atoms. The molecule has 1 fully saturated rings. The summed E-state index contributed by atoms with van der Waals surface area (Å²) in [6, 6.07) is 8.03. The average molecular weight is 398 g/mol. The standard InChI is InChI=1S/C17H24ClN5S2/c1-17(2,3)19-15-20-23(16(24)25-15)12-21-8-10-22(11-9-21)14-7-5-4-6-13(14)18/h4-7H,8-12H2,1-3H3,(H,19,20). The van der Waals surface area contributed by atoms with E-state index in [4.69, 9.17) is 23.8 Å². The van der Waals surface area contributed by atoms with Crippen LogP contribution in [-0.4, -0.2) is 46.4 Å². The molecule has 0 atom stereocenters. The van der Waals surface area contributed by atoms with E-state index in [0.29, 0.717) is 0 Å². The number of nitrogens with zero attached hydrogens (tertiary/aromatic N) is 4. The first kappa shape index (κ1) is 18.6. The highest BCUT2D eigenvalue weighted by molar-refractivity contribution is 7.73. The Bertz CT molecular complexity index is 772. The summed E-state index contributed by atoms with van der Waals surface area (Å²) in [6.45, 7) is 10.9. The summed E-state index contributed by atoms with van der Waals surface area (Å²) in [4.78, 5) is 4.72. The van der Waals surface area contributed by atoms with Gasteiger partial charge in [-0.15, -0.1) is 5.10 Å². The topological polar surface area (TPSA) is 36.3 Å². The molecule has 5 nitrogen and oxygen atoms in total. The number of hydrogen-bond donors (Lipinski definition) is 1. The molecule has 0 aliphatic carbocycles. The minimum atomic E-state index is -0.0158. The van der Waals surface area contributed by atoms with Crippen molar-refractivity contribution in [1.29, 1.82) is 0 Å². The molecule has 25 heavy (non-hydrogen) atoms. The smallest absolute Gasteiger partial charge is 0.205 e. The van der Waals surface area contributed by atoms with E-state index in [2.05, 4.69) is 47.1 Å². The van der Waals surface area contributed by atoms with Crippen LogP contribution in [0.1, 0.15) is 20.8 Å². The van der Waals surface area contributed by atoms with Crippen molar-refractivity contribution in [2.24, 2.45) is 0 Å². The largest absolute Gasteiger partial charge is 0.368 e. The van der Waals surface area contributed by atoms with Gasteiger partial charge in [0.1, 0.15) is 0 Å².